The van der Waals surface area contributed by atoms with Crippen molar-refractivity contribution in [3.63, 3.8) is 0 Å². The summed E-state index contributed by atoms with van der Waals surface area (Å²) in [6, 6.07) is 13.1. The summed E-state index contributed by atoms with van der Waals surface area (Å²) >= 11 is 0. The molecule has 1 N–H and O–H groups in total. The van der Waals surface area contributed by atoms with Crippen molar-refractivity contribution in [2.75, 3.05) is 7.05 Å². The van der Waals surface area contributed by atoms with E-state index >= 15 is 0 Å². The second-order valence-corrected chi connectivity index (χ2v) is 7.55. The van der Waals surface area contributed by atoms with E-state index in [1.54, 1.807) is 14.0 Å². The van der Waals surface area contributed by atoms with Gasteiger partial charge in [0.25, 0.3) is 0 Å². The monoisotopic (exact) mass is 352 g/mol. The molecule has 2 aromatic carbocycles. The second kappa shape index (κ2) is 6.48. The van der Waals surface area contributed by atoms with Crippen molar-refractivity contribution in [3.05, 3.63) is 59.3 Å². The second-order valence-electron chi connectivity index (χ2n) is 7.55. The van der Waals surface area contributed by atoms with Gasteiger partial charge in [0.2, 0.25) is 0 Å². The van der Waals surface area contributed by atoms with Gasteiger partial charge >= 0.3 is 12.0 Å². The number of hydrogen-bond donors (Lipinski definition) is 1. The van der Waals surface area contributed by atoms with Crippen LogP contribution in [0.4, 0.5) is 4.79 Å². The summed E-state index contributed by atoms with van der Waals surface area (Å²) < 4.78 is 5.60. The van der Waals surface area contributed by atoms with Gasteiger partial charge in [0.1, 0.15) is 5.60 Å². The number of fused-ring (bicyclic) bond motifs is 1. The minimum atomic E-state index is -0.613. The molecule has 1 aliphatic heterocycles. The van der Waals surface area contributed by atoms with Crippen molar-refractivity contribution >= 4 is 22.8 Å². The number of nitrogens with zero attached hydrogens (tertiary/aromatic N) is 1. The summed E-state index contributed by atoms with van der Waals surface area (Å²) in [5.74, 6) is -0.417. The smallest absolute Gasteiger partial charge is 0.338 e. The minimum absolute atomic E-state index is 0.243. The van der Waals surface area contributed by atoms with Gasteiger partial charge in [-0.15, -0.1) is 0 Å². The first kappa shape index (κ1) is 18.0. The first-order valence-corrected chi connectivity index (χ1v) is 8.64. The molecule has 0 spiro atoms. The summed E-state index contributed by atoms with van der Waals surface area (Å²) in [6.45, 7) is 7.26. The van der Waals surface area contributed by atoms with E-state index in [1.165, 1.54) is 4.90 Å². The summed E-state index contributed by atoms with van der Waals surface area (Å²) in [5.41, 5.74) is 1.29. The lowest BCUT2D eigenvalue weighted by Gasteiger charge is -2.34. The number of ether oxygens (including phenoxy) is 1. The summed E-state index contributed by atoms with van der Waals surface area (Å²) in [4.78, 5) is 26.6. The highest BCUT2D eigenvalue weighted by molar-refractivity contribution is 5.95. The lowest BCUT2D eigenvalue weighted by atomic mass is 9.93. The van der Waals surface area contributed by atoms with Crippen LogP contribution in [0.1, 0.15) is 39.3 Å². The zero-order chi connectivity index (χ0) is 19.1. The van der Waals surface area contributed by atoms with Gasteiger partial charge in [0, 0.05) is 12.7 Å². The number of nitrogens with one attached hydrogen (secondary N) is 1. The van der Waals surface area contributed by atoms with Gasteiger partial charge in [-0.3, -0.25) is 0 Å². The van der Waals surface area contributed by atoms with Gasteiger partial charge in [-0.25, -0.2) is 9.59 Å². The molecule has 0 bridgehead atoms. The van der Waals surface area contributed by atoms with Gasteiger partial charge in [0.15, 0.2) is 0 Å². The van der Waals surface area contributed by atoms with Crippen LogP contribution in [0.5, 0.6) is 0 Å². The number of carbonyl (C=O) groups is 2. The molecule has 5 heteroatoms. The molecule has 3 rings (SSSR count). The topological polar surface area (TPSA) is 58.6 Å². The Labute approximate surface area is 153 Å². The maximum atomic E-state index is 12.9. The van der Waals surface area contributed by atoms with Crippen molar-refractivity contribution < 1.29 is 14.3 Å². The Morgan fingerprint density at radius 1 is 1.12 bits per heavy atom. The van der Waals surface area contributed by atoms with Crippen LogP contribution >= 0.6 is 0 Å². The zero-order valence-corrected chi connectivity index (χ0v) is 15.8. The number of esters is 1. The number of allylic oxidation sites excluding steroid dienone is 1. The molecule has 0 fully saturated rings. The van der Waals surface area contributed by atoms with E-state index in [2.05, 4.69) is 5.32 Å². The molecule has 136 valence electrons. The van der Waals surface area contributed by atoms with Crippen LogP contribution in [0.15, 0.2) is 53.7 Å². The Bertz CT molecular complexity index is 909. The molecule has 0 saturated heterocycles. The Morgan fingerprint density at radius 3 is 2.42 bits per heavy atom. The minimum Gasteiger partial charge on any atom is -0.456 e. The lowest BCUT2D eigenvalue weighted by molar-refractivity contribution is -0.150. The molecule has 0 aromatic heterocycles. The van der Waals surface area contributed by atoms with Crippen LogP contribution in [0.2, 0.25) is 0 Å². The molecule has 0 unspecified atom stereocenters. The number of amides is 2. The van der Waals surface area contributed by atoms with E-state index in [0.29, 0.717) is 11.3 Å². The quantitative estimate of drug-likeness (QED) is 0.826. The Hall–Kier alpha value is -2.82. The van der Waals surface area contributed by atoms with Crippen molar-refractivity contribution in [2.45, 2.75) is 39.3 Å². The van der Waals surface area contributed by atoms with Crippen molar-refractivity contribution in [1.29, 1.82) is 0 Å². The van der Waals surface area contributed by atoms with Crippen LogP contribution in [-0.2, 0) is 9.53 Å². The highest BCUT2D eigenvalue weighted by Gasteiger charge is 2.36. The Morgan fingerprint density at radius 2 is 1.77 bits per heavy atom. The SMILES string of the molecule is CC1=C(C(=O)OC(C)(C)C)[C@H](c2ccc3ccccc3c2)NC(=O)N1C. The maximum Gasteiger partial charge on any atom is 0.338 e. The Kier molecular flexibility index (Phi) is 4.48. The normalized spacial score (nSPS) is 18.1. The molecule has 26 heavy (non-hydrogen) atoms. The molecule has 0 saturated carbocycles. The molecular weight excluding hydrogens is 328 g/mol. The van der Waals surface area contributed by atoms with Crippen molar-refractivity contribution in [3.8, 4) is 0 Å². The van der Waals surface area contributed by atoms with Crippen LogP contribution in [0.25, 0.3) is 10.8 Å². The van der Waals surface area contributed by atoms with E-state index in [-0.39, 0.29) is 6.03 Å². The third kappa shape index (κ3) is 3.43. The highest BCUT2D eigenvalue weighted by Crippen LogP contribution is 2.33. The first-order valence-electron chi connectivity index (χ1n) is 8.64. The third-order valence-corrected chi connectivity index (χ3v) is 4.48. The first-order chi connectivity index (χ1) is 12.2. The Balaban J connectivity index is 2.09. The van der Waals surface area contributed by atoms with E-state index in [0.717, 1.165) is 16.3 Å². The van der Waals surface area contributed by atoms with Gasteiger partial charge in [-0.05, 0) is 50.1 Å². The standard InChI is InChI=1S/C21H24N2O3/c1-13-17(19(24)26-21(2,3)4)18(22-20(25)23(13)5)16-11-10-14-8-6-7-9-15(14)12-16/h6-12,18H,1-5H3,(H,22,25)/t18-/m0/s1. The van der Waals surface area contributed by atoms with Crippen molar-refractivity contribution in [2.24, 2.45) is 0 Å². The molecule has 1 atom stereocenters. The van der Waals surface area contributed by atoms with Crippen molar-refractivity contribution in [1.82, 2.24) is 10.2 Å². The number of benzene rings is 2. The summed E-state index contributed by atoms with van der Waals surface area (Å²) in [7, 11) is 1.64. The van der Waals surface area contributed by atoms with Gasteiger partial charge in [0.05, 0.1) is 11.6 Å². The fraction of sp³-hybridized carbons (Fsp3) is 0.333. The predicted octanol–water partition coefficient (Wildman–Crippen LogP) is 4.15. The van der Waals surface area contributed by atoms with Gasteiger partial charge in [-0.2, -0.15) is 0 Å². The molecule has 5 nitrogen and oxygen atoms in total. The van der Waals surface area contributed by atoms with Crippen LogP contribution in [0.3, 0.4) is 0 Å². The van der Waals surface area contributed by atoms with Crippen LogP contribution in [0, 0.1) is 0 Å². The van der Waals surface area contributed by atoms with E-state index in [1.807, 2.05) is 63.2 Å². The lowest BCUT2D eigenvalue weighted by Crippen LogP contribution is -2.46. The number of rotatable bonds is 2. The molecule has 0 radical (unpaired) electrons. The van der Waals surface area contributed by atoms with E-state index < -0.39 is 17.6 Å². The zero-order valence-electron chi connectivity index (χ0n) is 15.8. The number of hydrogen-bond acceptors (Lipinski definition) is 3. The number of carbonyl (C=O) groups excluding carboxylic acids is 2. The molecular formula is C21H24N2O3. The molecule has 2 amide bonds. The average Bonchev–Trinajstić information content (AvgIpc) is 2.57. The predicted molar refractivity (Wildman–Crippen MR) is 102 cm³/mol. The maximum absolute atomic E-state index is 12.9. The summed E-state index contributed by atoms with van der Waals surface area (Å²) in [6.07, 6.45) is 0. The van der Waals surface area contributed by atoms with Gasteiger partial charge < -0.3 is 15.0 Å². The van der Waals surface area contributed by atoms with E-state index in [9.17, 15) is 9.59 Å². The van der Waals surface area contributed by atoms with E-state index in [4.69, 9.17) is 4.74 Å². The fourth-order valence-corrected chi connectivity index (χ4v) is 3.07. The molecule has 0 aliphatic carbocycles. The fourth-order valence-electron chi connectivity index (χ4n) is 3.07. The average molecular weight is 352 g/mol. The summed E-state index contributed by atoms with van der Waals surface area (Å²) in [5, 5.41) is 5.08. The molecule has 1 aliphatic rings. The van der Waals surface area contributed by atoms with Crippen LogP contribution < -0.4 is 5.32 Å². The number of urea groups is 1. The van der Waals surface area contributed by atoms with Crippen LogP contribution in [-0.4, -0.2) is 29.5 Å². The molecule has 2 aromatic rings. The largest absolute Gasteiger partial charge is 0.456 e. The third-order valence-electron chi connectivity index (χ3n) is 4.48. The molecule has 1 heterocycles. The van der Waals surface area contributed by atoms with Gasteiger partial charge in [-0.1, -0.05) is 36.4 Å². The highest BCUT2D eigenvalue weighted by atomic mass is 16.6.